The molecule has 8 nitrogen and oxygen atoms in total. The van der Waals surface area contributed by atoms with E-state index in [-0.39, 0.29) is 23.8 Å². The molecular formula is C21H23N3O5. The number of amides is 1. The molecule has 0 N–H and O–H groups in total. The number of rotatable bonds is 6. The summed E-state index contributed by atoms with van der Waals surface area (Å²) in [5.41, 5.74) is 1.72. The number of fused-ring (bicyclic) bond motifs is 1. The van der Waals surface area contributed by atoms with Crippen LogP contribution in [0.3, 0.4) is 0 Å². The molecule has 2 aliphatic heterocycles. The summed E-state index contributed by atoms with van der Waals surface area (Å²) < 4.78 is 10.7. The minimum Gasteiger partial charge on any atom is -0.493 e. The number of hydrogen-bond acceptors (Lipinski definition) is 6. The molecule has 152 valence electrons. The van der Waals surface area contributed by atoms with Crippen LogP contribution in [0.2, 0.25) is 0 Å². The first-order chi connectivity index (χ1) is 14.0. The third-order valence-electron chi connectivity index (χ3n) is 5.70. The zero-order chi connectivity index (χ0) is 20.5. The molecule has 8 heteroatoms. The minimum atomic E-state index is -0.436. The molecule has 29 heavy (non-hydrogen) atoms. The van der Waals surface area contributed by atoms with Gasteiger partial charge in [0.2, 0.25) is 5.91 Å². The number of carbonyl (C=O) groups excluding carboxylic acids is 1. The number of benzene rings is 2. The molecule has 0 aromatic heterocycles. The van der Waals surface area contributed by atoms with Gasteiger partial charge in [-0.05, 0) is 42.7 Å². The smallest absolute Gasteiger partial charge is 0.269 e. The number of anilines is 1. The third kappa shape index (κ3) is 3.40. The summed E-state index contributed by atoms with van der Waals surface area (Å²) in [6, 6.07) is 11.8. The number of hydrogen-bond donors (Lipinski definition) is 0. The SMILES string of the molecule is COc1ccc(C[C@H]2N(c3ccc([N+](=O)[O-])cc3)C(=O)[C@@H]3CCCN32)cc1OC. The van der Waals surface area contributed by atoms with Crippen molar-refractivity contribution in [1.82, 2.24) is 4.90 Å². The van der Waals surface area contributed by atoms with E-state index in [4.69, 9.17) is 9.47 Å². The third-order valence-corrected chi connectivity index (χ3v) is 5.70. The lowest BCUT2D eigenvalue weighted by molar-refractivity contribution is -0.384. The van der Waals surface area contributed by atoms with Gasteiger partial charge in [0.1, 0.15) is 0 Å². The average Bonchev–Trinajstić information content (AvgIpc) is 3.31. The molecule has 2 aliphatic rings. The summed E-state index contributed by atoms with van der Waals surface area (Å²) in [6.07, 6.45) is 2.31. The van der Waals surface area contributed by atoms with Crippen molar-refractivity contribution in [3.05, 3.63) is 58.1 Å². The number of nitro groups is 1. The minimum absolute atomic E-state index is 0.0114. The Balaban J connectivity index is 1.66. The van der Waals surface area contributed by atoms with Crippen LogP contribution in [-0.4, -0.2) is 48.7 Å². The van der Waals surface area contributed by atoms with E-state index in [1.807, 2.05) is 18.2 Å². The zero-order valence-corrected chi connectivity index (χ0v) is 16.4. The maximum Gasteiger partial charge on any atom is 0.269 e. The predicted octanol–water partition coefficient (Wildman–Crippen LogP) is 2.99. The first-order valence-electron chi connectivity index (χ1n) is 9.57. The van der Waals surface area contributed by atoms with Gasteiger partial charge >= 0.3 is 0 Å². The van der Waals surface area contributed by atoms with Gasteiger partial charge < -0.3 is 9.47 Å². The van der Waals surface area contributed by atoms with E-state index in [0.717, 1.165) is 24.9 Å². The highest BCUT2D eigenvalue weighted by molar-refractivity contribution is 6.00. The molecule has 2 saturated heterocycles. The maximum atomic E-state index is 13.1. The van der Waals surface area contributed by atoms with Crippen LogP contribution in [0.25, 0.3) is 0 Å². The molecule has 0 bridgehead atoms. The molecule has 0 saturated carbocycles. The Morgan fingerprint density at radius 2 is 1.83 bits per heavy atom. The molecule has 4 rings (SSSR count). The highest BCUT2D eigenvalue weighted by Crippen LogP contribution is 2.37. The molecule has 1 amide bonds. The Labute approximate surface area is 168 Å². The van der Waals surface area contributed by atoms with Crippen molar-refractivity contribution in [2.24, 2.45) is 0 Å². The lowest BCUT2D eigenvalue weighted by atomic mass is 10.1. The second kappa shape index (κ2) is 7.71. The van der Waals surface area contributed by atoms with E-state index >= 15 is 0 Å². The normalized spacial score (nSPS) is 21.3. The van der Waals surface area contributed by atoms with Gasteiger partial charge in [-0.25, -0.2) is 0 Å². The summed E-state index contributed by atoms with van der Waals surface area (Å²) in [4.78, 5) is 27.7. The predicted molar refractivity (Wildman–Crippen MR) is 107 cm³/mol. The first kappa shape index (κ1) is 19.2. The molecule has 2 aromatic carbocycles. The monoisotopic (exact) mass is 397 g/mol. The average molecular weight is 397 g/mol. The fraction of sp³-hybridized carbons (Fsp3) is 0.381. The standard InChI is InChI=1S/C21H23N3O5/c1-28-18-10-5-14(12-19(18)29-2)13-20-22-11-3-4-17(22)21(25)23(20)15-6-8-16(9-7-15)24(26)27/h5-10,12,17,20H,3-4,11,13H2,1-2H3/t17-,20+/m0/s1. The number of carbonyl (C=O) groups is 1. The van der Waals surface area contributed by atoms with Crippen molar-refractivity contribution in [1.29, 1.82) is 0 Å². The van der Waals surface area contributed by atoms with Crippen LogP contribution in [-0.2, 0) is 11.2 Å². The van der Waals surface area contributed by atoms with Gasteiger partial charge in [-0.2, -0.15) is 0 Å². The lowest BCUT2D eigenvalue weighted by Crippen LogP contribution is -2.41. The number of non-ortho nitro benzene ring substituents is 1. The quantitative estimate of drug-likeness (QED) is 0.550. The van der Waals surface area contributed by atoms with Crippen LogP contribution in [0.15, 0.2) is 42.5 Å². The summed E-state index contributed by atoms with van der Waals surface area (Å²) in [7, 11) is 3.19. The zero-order valence-electron chi connectivity index (χ0n) is 16.4. The van der Waals surface area contributed by atoms with E-state index < -0.39 is 4.92 Å². The number of methoxy groups -OCH3 is 2. The van der Waals surface area contributed by atoms with Gasteiger partial charge in [0.15, 0.2) is 11.5 Å². The Morgan fingerprint density at radius 3 is 2.48 bits per heavy atom. The highest BCUT2D eigenvalue weighted by atomic mass is 16.6. The van der Waals surface area contributed by atoms with Crippen molar-refractivity contribution >= 4 is 17.3 Å². The van der Waals surface area contributed by atoms with Gasteiger partial charge in [-0.1, -0.05) is 6.07 Å². The van der Waals surface area contributed by atoms with E-state index in [2.05, 4.69) is 4.90 Å². The van der Waals surface area contributed by atoms with Gasteiger partial charge in [-0.15, -0.1) is 0 Å². The van der Waals surface area contributed by atoms with E-state index in [1.54, 1.807) is 31.3 Å². The second-order valence-electron chi connectivity index (χ2n) is 7.25. The van der Waals surface area contributed by atoms with E-state index in [0.29, 0.717) is 23.6 Å². The van der Waals surface area contributed by atoms with Crippen LogP contribution < -0.4 is 14.4 Å². The molecule has 0 radical (unpaired) electrons. The maximum absolute atomic E-state index is 13.1. The van der Waals surface area contributed by atoms with Gasteiger partial charge in [0.05, 0.1) is 31.4 Å². The van der Waals surface area contributed by atoms with E-state index in [1.165, 1.54) is 12.1 Å². The Kier molecular flexibility index (Phi) is 5.10. The molecule has 0 unspecified atom stereocenters. The van der Waals surface area contributed by atoms with Crippen LogP contribution in [0.1, 0.15) is 18.4 Å². The van der Waals surface area contributed by atoms with Gasteiger partial charge in [0, 0.05) is 30.8 Å². The Morgan fingerprint density at radius 1 is 1.10 bits per heavy atom. The molecule has 2 atom stereocenters. The van der Waals surface area contributed by atoms with E-state index in [9.17, 15) is 14.9 Å². The molecule has 0 aliphatic carbocycles. The van der Waals surface area contributed by atoms with Crippen molar-refractivity contribution < 1.29 is 19.2 Å². The molecule has 2 fully saturated rings. The summed E-state index contributed by atoms with van der Waals surface area (Å²) in [5, 5.41) is 11.0. The molecular weight excluding hydrogens is 374 g/mol. The van der Waals surface area contributed by atoms with Crippen LogP contribution >= 0.6 is 0 Å². The van der Waals surface area contributed by atoms with Crippen LogP contribution in [0, 0.1) is 10.1 Å². The number of nitrogens with zero attached hydrogens (tertiary/aromatic N) is 3. The topological polar surface area (TPSA) is 85.2 Å². The fourth-order valence-electron chi connectivity index (χ4n) is 4.33. The van der Waals surface area contributed by atoms with Crippen molar-refractivity contribution in [3.8, 4) is 11.5 Å². The second-order valence-corrected chi connectivity index (χ2v) is 7.25. The first-order valence-corrected chi connectivity index (χ1v) is 9.57. The Hall–Kier alpha value is -3.13. The molecule has 2 aromatic rings. The van der Waals surface area contributed by atoms with Crippen molar-refractivity contribution in [3.63, 3.8) is 0 Å². The van der Waals surface area contributed by atoms with Crippen LogP contribution in [0.5, 0.6) is 11.5 Å². The summed E-state index contributed by atoms with van der Waals surface area (Å²) in [5.74, 6) is 1.36. The van der Waals surface area contributed by atoms with Crippen molar-refractivity contribution in [2.45, 2.75) is 31.5 Å². The number of ether oxygens (including phenoxy) is 2. The fourth-order valence-corrected chi connectivity index (χ4v) is 4.33. The highest BCUT2D eigenvalue weighted by Gasteiger charge is 2.48. The largest absolute Gasteiger partial charge is 0.493 e. The van der Waals surface area contributed by atoms with Crippen molar-refractivity contribution in [2.75, 3.05) is 25.7 Å². The molecule has 2 heterocycles. The van der Waals surface area contributed by atoms with Crippen LogP contribution in [0.4, 0.5) is 11.4 Å². The summed E-state index contributed by atoms with van der Waals surface area (Å²) in [6.45, 7) is 0.859. The summed E-state index contributed by atoms with van der Waals surface area (Å²) >= 11 is 0. The van der Waals surface area contributed by atoms with Gasteiger partial charge in [0.25, 0.3) is 5.69 Å². The molecule has 0 spiro atoms. The number of nitro benzene ring substituents is 1. The Bertz CT molecular complexity index is 930. The lowest BCUT2D eigenvalue weighted by Gasteiger charge is -2.29. The van der Waals surface area contributed by atoms with Gasteiger partial charge in [-0.3, -0.25) is 24.7 Å².